The molecule has 6 N–H and O–H groups in total. The Labute approximate surface area is 264 Å². The van der Waals surface area contributed by atoms with Gasteiger partial charge in [-0.3, -0.25) is 29.0 Å². The number of carbonyl (C=O) groups is 6. The summed E-state index contributed by atoms with van der Waals surface area (Å²) < 4.78 is 5.11. The van der Waals surface area contributed by atoms with Gasteiger partial charge in [-0.2, -0.15) is 0 Å². The number of nitrogens with one attached hydrogen (secondary N) is 3. The molecule has 13 nitrogen and oxygen atoms in total. The number of hydrogen-bond acceptors (Lipinski definition) is 8. The first kappa shape index (κ1) is 33.3. The van der Waals surface area contributed by atoms with Gasteiger partial charge in [0.25, 0.3) is 11.8 Å². The molecule has 1 aliphatic rings. The molecule has 1 saturated carbocycles. The number of ether oxygens (including phenoxy) is 1. The maximum absolute atomic E-state index is 13.4. The summed E-state index contributed by atoms with van der Waals surface area (Å²) in [5.74, 6) is -3.70. The number of unbranched alkanes of at least 4 members (excludes halogenated alkanes) is 1. The molecule has 0 aliphatic heterocycles. The second-order valence-electron chi connectivity index (χ2n) is 10.9. The molecule has 4 rings (SSSR count). The SMILES string of the molecule is NC(=O)C1(NC(=O)[C@H](CCCCNC(=O)c2cccc(OCC(=O)O)c2)NC(=O)c2ncccc2C(=O)c2ccccc2)CCC1. The molecule has 0 spiro atoms. The number of aromatic nitrogens is 1. The summed E-state index contributed by atoms with van der Waals surface area (Å²) in [6, 6.07) is 16.4. The van der Waals surface area contributed by atoms with Crippen molar-refractivity contribution in [2.24, 2.45) is 5.73 Å². The number of aliphatic carboxylic acids is 1. The van der Waals surface area contributed by atoms with Crippen LogP contribution in [0.1, 0.15) is 75.3 Å². The van der Waals surface area contributed by atoms with Crippen LogP contribution >= 0.6 is 0 Å². The van der Waals surface area contributed by atoms with Gasteiger partial charge in [0.15, 0.2) is 12.4 Å². The average molecular weight is 630 g/mol. The molecule has 0 saturated heterocycles. The van der Waals surface area contributed by atoms with Gasteiger partial charge in [0, 0.05) is 23.9 Å². The second kappa shape index (κ2) is 15.4. The van der Waals surface area contributed by atoms with Crippen LogP contribution in [-0.2, 0) is 14.4 Å². The summed E-state index contributed by atoms with van der Waals surface area (Å²) in [6.07, 6.45) is 3.84. The second-order valence-corrected chi connectivity index (χ2v) is 10.9. The van der Waals surface area contributed by atoms with Crippen molar-refractivity contribution in [2.45, 2.75) is 50.1 Å². The van der Waals surface area contributed by atoms with Gasteiger partial charge in [0.1, 0.15) is 23.0 Å². The van der Waals surface area contributed by atoms with Crippen molar-refractivity contribution in [2.75, 3.05) is 13.2 Å². The smallest absolute Gasteiger partial charge is 0.341 e. The molecule has 4 amide bonds. The molecular weight excluding hydrogens is 594 g/mol. The lowest BCUT2D eigenvalue weighted by Crippen LogP contribution is -2.64. The fourth-order valence-electron chi connectivity index (χ4n) is 4.95. The first-order valence-electron chi connectivity index (χ1n) is 14.8. The third-order valence-electron chi connectivity index (χ3n) is 7.63. The highest BCUT2D eigenvalue weighted by Crippen LogP contribution is 2.31. The van der Waals surface area contributed by atoms with Crippen molar-refractivity contribution in [1.82, 2.24) is 20.9 Å². The first-order chi connectivity index (χ1) is 22.1. The van der Waals surface area contributed by atoms with E-state index in [1.54, 1.807) is 42.5 Å². The molecule has 1 heterocycles. The summed E-state index contributed by atoms with van der Waals surface area (Å²) in [4.78, 5) is 79.6. The number of rotatable bonds is 16. The summed E-state index contributed by atoms with van der Waals surface area (Å²) in [6.45, 7) is -0.301. The van der Waals surface area contributed by atoms with E-state index in [9.17, 15) is 28.8 Å². The Morgan fingerprint density at radius 3 is 2.33 bits per heavy atom. The number of nitrogens with two attached hydrogens (primary N) is 1. The number of primary amides is 1. The number of carbonyl (C=O) groups excluding carboxylic acids is 5. The third kappa shape index (κ3) is 8.52. The van der Waals surface area contributed by atoms with Crippen molar-refractivity contribution >= 4 is 35.4 Å². The molecule has 1 aromatic heterocycles. The van der Waals surface area contributed by atoms with Gasteiger partial charge in [-0.1, -0.05) is 36.4 Å². The van der Waals surface area contributed by atoms with Crippen LogP contribution in [0.2, 0.25) is 0 Å². The van der Waals surface area contributed by atoms with Crippen LogP contribution < -0.4 is 26.4 Å². The van der Waals surface area contributed by atoms with Gasteiger partial charge in [0.05, 0.1) is 5.56 Å². The topological polar surface area (TPSA) is 207 Å². The van der Waals surface area contributed by atoms with Gasteiger partial charge < -0.3 is 31.5 Å². The predicted octanol–water partition coefficient (Wildman–Crippen LogP) is 2.00. The van der Waals surface area contributed by atoms with Crippen LogP contribution in [0.3, 0.4) is 0 Å². The Morgan fingerprint density at radius 2 is 1.65 bits per heavy atom. The summed E-state index contributed by atoms with van der Waals surface area (Å²) >= 11 is 0. The normalized spacial score (nSPS) is 13.7. The van der Waals surface area contributed by atoms with Gasteiger partial charge in [-0.15, -0.1) is 0 Å². The van der Waals surface area contributed by atoms with E-state index >= 15 is 0 Å². The largest absolute Gasteiger partial charge is 0.482 e. The molecule has 1 atom stereocenters. The Bertz CT molecular complexity index is 1610. The number of pyridine rings is 1. The minimum absolute atomic E-state index is 0.0677. The molecule has 46 heavy (non-hydrogen) atoms. The number of carboxylic acid groups (broad SMARTS) is 1. The van der Waals surface area contributed by atoms with Gasteiger partial charge >= 0.3 is 5.97 Å². The Balaban J connectivity index is 1.40. The van der Waals surface area contributed by atoms with E-state index in [0.29, 0.717) is 37.7 Å². The van der Waals surface area contributed by atoms with E-state index in [1.807, 2.05) is 0 Å². The number of nitrogens with zero attached hydrogens (tertiary/aromatic N) is 1. The van der Waals surface area contributed by atoms with Crippen molar-refractivity contribution in [3.8, 4) is 5.75 Å². The van der Waals surface area contributed by atoms with E-state index in [0.717, 1.165) is 0 Å². The molecule has 1 aliphatic carbocycles. The molecule has 0 radical (unpaired) electrons. The Hall–Kier alpha value is -5.59. The summed E-state index contributed by atoms with van der Waals surface area (Å²) in [7, 11) is 0. The fraction of sp³-hybridized carbons (Fsp3) is 0.303. The van der Waals surface area contributed by atoms with Crippen LogP contribution in [0, 0.1) is 0 Å². The fourth-order valence-corrected chi connectivity index (χ4v) is 4.95. The maximum atomic E-state index is 13.4. The van der Waals surface area contributed by atoms with Crippen LogP contribution in [0.25, 0.3) is 0 Å². The van der Waals surface area contributed by atoms with Gasteiger partial charge in [-0.05, 0) is 68.9 Å². The lowest BCUT2D eigenvalue weighted by Gasteiger charge is -2.40. The van der Waals surface area contributed by atoms with E-state index < -0.39 is 53.6 Å². The zero-order valence-corrected chi connectivity index (χ0v) is 25.0. The van der Waals surface area contributed by atoms with Gasteiger partial charge in [0.2, 0.25) is 11.8 Å². The minimum atomic E-state index is -1.18. The van der Waals surface area contributed by atoms with Crippen LogP contribution in [-0.4, -0.2) is 70.2 Å². The number of carboxylic acids is 1. The Kier molecular flexibility index (Phi) is 11.2. The molecule has 1 fully saturated rings. The minimum Gasteiger partial charge on any atom is -0.482 e. The highest BCUT2D eigenvalue weighted by atomic mass is 16.5. The van der Waals surface area contributed by atoms with Crippen molar-refractivity contribution in [3.63, 3.8) is 0 Å². The molecule has 2 aromatic carbocycles. The van der Waals surface area contributed by atoms with Crippen molar-refractivity contribution in [3.05, 3.63) is 95.3 Å². The average Bonchev–Trinajstić information content (AvgIpc) is 3.04. The van der Waals surface area contributed by atoms with Crippen molar-refractivity contribution < 1.29 is 38.6 Å². The van der Waals surface area contributed by atoms with E-state index in [2.05, 4.69) is 20.9 Å². The molecular formula is C33H35N5O8. The van der Waals surface area contributed by atoms with Crippen LogP contribution in [0.15, 0.2) is 72.9 Å². The van der Waals surface area contributed by atoms with E-state index in [-0.39, 0.29) is 35.5 Å². The van der Waals surface area contributed by atoms with Crippen LogP contribution in [0.5, 0.6) is 5.75 Å². The van der Waals surface area contributed by atoms with E-state index in [4.69, 9.17) is 15.6 Å². The number of hydrogen-bond donors (Lipinski definition) is 5. The standard InChI is InChI=1S/C33H35N5O8/c34-32(45)33(15-8-16-33)38-30(43)25(14-4-5-17-36-29(42)22-11-6-12-23(19-22)46-20-26(39)40)37-31(44)27-24(13-7-18-35-27)28(41)21-9-2-1-3-10-21/h1-3,6-7,9-13,18-19,25H,4-5,8,14-17,20H2,(H2,34,45)(H,36,42)(H,37,44)(H,38,43)(H,39,40)/t25-/m0/s1. The molecule has 3 aromatic rings. The first-order valence-corrected chi connectivity index (χ1v) is 14.8. The monoisotopic (exact) mass is 629 g/mol. The van der Waals surface area contributed by atoms with Crippen LogP contribution in [0.4, 0.5) is 0 Å². The zero-order valence-electron chi connectivity index (χ0n) is 25.0. The highest BCUT2D eigenvalue weighted by molar-refractivity contribution is 6.14. The molecule has 240 valence electrons. The lowest BCUT2D eigenvalue weighted by atomic mass is 9.76. The quantitative estimate of drug-likeness (QED) is 0.116. The summed E-state index contributed by atoms with van der Waals surface area (Å²) in [5, 5.41) is 16.9. The Morgan fingerprint density at radius 1 is 0.913 bits per heavy atom. The predicted molar refractivity (Wildman–Crippen MR) is 165 cm³/mol. The highest BCUT2D eigenvalue weighted by Gasteiger charge is 2.45. The maximum Gasteiger partial charge on any atom is 0.341 e. The molecule has 0 bridgehead atoms. The molecule has 0 unspecified atom stereocenters. The van der Waals surface area contributed by atoms with E-state index in [1.165, 1.54) is 30.5 Å². The lowest BCUT2D eigenvalue weighted by molar-refractivity contribution is -0.139. The zero-order chi connectivity index (χ0) is 33.1. The number of amides is 4. The molecule has 13 heteroatoms. The van der Waals surface area contributed by atoms with Crippen molar-refractivity contribution in [1.29, 1.82) is 0 Å². The van der Waals surface area contributed by atoms with Gasteiger partial charge in [-0.25, -0.2) is 4.79 Å². The summed E-state index contributed by atoms with van der Waals surface area (Å²) in [5.41, 5.74) is 4.96. The number of ketones is 1. The number of benzene rings is 2. The third-order valence-corrected chi connectivity index (χ3v) is 7.63.